The van der Waals surface area contributed by atoms with Gasteiger partial charge in [0.05, 0.1) is 19.8 Å². The third kappa shape index (κ3) is 1.92. The molecule has 3 nitrogen and oxygen atoms in total. The number of ether oxygens (including phenoxy) is 1. The van der Waals surface area contributed by atoms with Gasteiger partial charge in [-0.1, -0.05) is 0 Å². The normalized spacial score (nSPS) is 13.0. The van der Waals surface area contributed by atoms with Crippen LogP contribution in [0.1, 0.15) is 10.9 Å². The van der Waals surface area contributed by atoms with Crippen molar-refractivity contribution in [2.24, 2.45) is 5.73 Å². The predicted molar refractivity (Wildman–Crippen MR) is 44.9 cm³/mol. The molecule has 11 heavy (non-hydrogen) atoms. The lowest BCUT2D eigenvalue weighted by atomic mass is 10.3. The second-order valence-corrected chi connectivity index (χ2v) is 3.23. The second kappa shape index (κ2) is 3.71. The van der Waals surface area contributed by atoms with E-state index in [-0.39, 0.29) is 12.6 Å². The molecule has 62 valence electrons. The van der Waals surface area contributed by atoms with E-state index in [4.69, 9.17) is 15.6 Å². The minimum atomic E-state index is -0.274. The van der Waals surface area contributed by atoms with Gasteiger partial charge < -0.3 is 15.6 Å². The third-order valence-corrected chi connectivity index (χ3v) is 2.54. The molecule has 0 aliphatic heterocycles. The van der Waals surface area contributed by atoms with Crippen LogP contribution in [-0.4, -0.2) is 18.8 Å². The fourth-order valence-corrected chi connectivity index (χ4v) is 1.55. The van der Waals surface area contributed by atoms with Gasteiger partial charge >= 0.3 is 0 Å². The van der Waals surface area contributed by atoms with Gasteiger partial charge in [0.25, 0.3) is 0 Å². The van der Waals surface area contributed by atoms with Crippen LogP contribution in [0.3, 0.4) is 0 Å². The molecule has 0 radical (unpaired) electrons. The maximum Gasteiger partial charge on any atom is 0.173 e. The lowest BCUT2D eigenvalue weighted by Gasteiger charge is -2.02. The minimum absolute atomic E-state index is 0.0241. The summed E-state index contributed by atoms with van der Waals surface area (Å²) in [5.41, 5.74) is 5.57. The van der Waals surface area contributed by atoms with Gasteiger partial charge in [-0.3, -0.25) is 0 Å². The first-order chi connectivity index (χ1) is 5.27. The van der Waals surface area contributed by atoms with Crippen molar-refractivity contribution in [2.75, 3.05) is 13.7 Å². The molecular weight excluding hydrogens is 162 g/mol. The number of aliphatic hydroxyl groups excluding tert-OH is 1. The van der Waals surface area contributed by atoms with Gasteiger partial charge in [-0.25, -0.2) is 0 Å². The molecule has 3 N–H and O–H groups in total. The van der Waals surface area contributed by atoms with Crippen LogP contribution < -0.4 is 10.5 Å². The molecule has 0 saturated heterocycles. The molecule has 1 aromatic rings. The Morgan fingerprint density at radius 2 is 2.45 bits per heavy atom. The van der Waals surface area contributed by atoms with E-state index in [1.54, 1.807) is 7.11 Å². The first-order valence-corrected chi connectivity index (χ1v) is 4.09. The van der Waals surface area contributed by atoms with Crippen LogP contribution in [0.15, 0.2) is 12.1 Å². The summed E-state index contributed by atoms with van der Waals surface area (Å²) in [6.07, 6.45) is 0. The van der Waals surface area contributed by atoms with Crippen molar-refractivity contribution >= 4 is 11.3 Å². The summed E-state index contributed by atoms with van der Waals surface area (Å²) < 4.78 is 4.97. The monoisotopic (exact) mass is 173 g/mol. The largest absolute Gasteiger partial charge is 0.487 e. The summed E-state index contributed by atoms with van der Waals surface area (Å²) in [4.78, 5) is 0.948. The number of thiophene rings is 1. The fourth-order valence-electron chi connectivity index (χ4n) is 0.733. The van der Waals surface area contributed by atoms with Gasteiger partial charge in [0.15, 0.2) is 5.06 Å². The molecule has 0 spiro atoms. The van der Waals surface area contributed by atoms with Crippen molar-refractivity contribution in [3.8, 4) is 5.06 Å². The Bertz CT molecular complexity index is 224. The highest BCUT2D eigenvalue weighted by molar-refractivity contribution is 7.13. The summed E-state index contributed by atoms with van der Waals surface area (Å²) in [6, 6.07) is 3.43. The molecule has 1 aromatic heterocycles. The van der Waals surface area contributed by atoms with E-state index in [1.165, 1.54) is 11.3 Å². The standard InChI is InChI=1S/C7H11NO2S/c1-10-7-3-2-6(11-7)5(8)4-9/h2-3,5,9H,4,8H2,1H3/t5-/m1/s1. The Morgan fingerprint density at radius 1 is 1.73 bits per heavy atom. The fraction of sp³-hybridized carbons (Fsp3) is 0.429. The van der Waals surface area contributed by atoms with E-state index < -0.39 is 0 Å². The molecule has 0 aliphatic rings. The molecule has 0 fully saturated rings. The Balaban J connectivity index is 2.71. The van der Waals surface area contributed by atoms with Crippen LogP contribution in [0.25, 0.3) is 0 Å². The Labute approximate surface area is 69.4 Å². The number of hydrogen-bond acceptors (Lipinski definition) is 4. The topological polar surface area (TPSA) is 55.5 Å². The van der Waals surface area contributed by atoms with Gasteiger partial charge in [0, 0.05) is 4.88 Å². The van der Waals surface area contributed by atoms with Gasteiger partial charge in [-0.2, -0.15) is 0 Å². The van der Waals surface area contributed by atoms with Crippen molar-refractivity contribution in [1.82, 2.24) is 0 Å². The highest BCUT2D eigenvalue weighted by Gasteiger charge is 2.07. The van der Waals surface area contributed by atoms with E-state index in [9.17, 15) is 0 Å². The molecule has 1 heterocycles. The molecule has 1 rings (SSSR count). The van der Waals surface area contributed by atoms with Gasteiger partial charge in [0.2, 0.25) is 0 Å². The number of nitrogens with two attached hydrogens (primary N) is 1. The highest BCUT2D eigenvalue weighted by atomic mass is 32.1. The number of rotatable bonds is 3. The molecule has 0 aromatic carbocycles. The molecule has 4 heteroatoms. The average Bonchev–Trinajstić information content (AvgIpc) is 2.50. The lowest BCUT2D eigenvalue weighted by Crippen LogP contribution is -2.12. The smallest absolute Gasteiger partial charge is 0.173 e. The zero-order chi connectivity index (χ0) is 8.27. The zero-order valence-electron chi connectivity index (χ0n) is 6.28. The lowest BCUT2D eigenvalue weighted by molar-refractivity contribution is 0.269. The van der Waals surface area contributed by atoms with E-state index >= 15 is 0 Å². The molecule has 0 amide bonds. The second-order valence-electron chi connectivity index (χ2n) is 2.15. The van der Waals surface area contributed by atoms with Crippen molar-refractivity contribution in [3.05, 3.63) is 17.0 Å². The van der Waals surface area contributed by atoms with Crippen molar-refractivity contribution in [2.45, 2.75) is 6.04 Å². The summed E-state index contributed by atoms with van der Waals surface area (Å²) >= 11 is 1.46. The summed E-state index contributed by atoms with van der Waals surface area (Å²) in [7, 11) is 1.61. The molecular formula is C7H11NO2S. The minimum Gasteiger partial charge on any atom is -0.487 e. The molecule has 1 atom stereocenters. The van der Waals surface area contributed by atoms with Crippen LogP contribution in [0.4, 0.5) is 0 Å². The maximum absolute atomic E-state index is 8.71. The van der Waals surface area contributed by atoms with E-state index in [0.717, 1.165) is 9.94 Å². The first kappa shape index (κ1) is 8.52. The van der Waals surface area contributed by atoms with E-state index in [2.05, 4.69) is 0 Å². The van der Waals surface area contributed by atoms with Crippen molar-refractivity contribution in [3.63, 3.8) is 0 Å². The Morgan fingerprint density at radius 3 is 2.91 bits per heavy atom. The van der Waals surface area contributed by atoms with E-state index in [1.807, 2.05) is 12.1 Å². The van der Waals surface area contributed by atoms with Crippen molar-refractivity contribution < 1.29 is 9.84 Å². The Kier molecular flexibility index (Phi) is 2.87. The van der Waals surface area contributed by atoms with Gasteiger partial charge in [-0.15, -0.1) is 11.3 Å². The van der Waals surface area contributed by atoms with Crippen LogP contribution in [-0.2, 0) is 0 Å². The summed E-state index contributed by atoms with van der Waals surface area (Å²) in [5.74, 6) is 0. The third-order valence-electron chi connectivity index (χ3n) is 1.37. The molecule has 0 bridgehead atoms. The first-order valence-electron chi connectivity index (χ1n) is 3.28. The summed E-state index contributed by atoms with van der Waals surface area (Å²) in [6.45, 7) is -0.0241. The van der Waals surface area contributed by atoms with Crippen molar-refractivity contribution in [1.29, 1.82) is 0 Å². The number of hydrogen-bond donors (Lipinski definition) is 2. The Hall–Kier alpha value is -0.580. The average molecular weight is 173 g/mol. The van der Waals surface area contributed by atoms with Crippen LogP contribution >= 0.6 is 11.3 Å². The number of methoxy groups -OCH3 is 1. The highest BCUT2D eigenvalue weighted by Crippen LogP contribution is 2.27. The SMILES string of the molecule is COc1ccc([C@H](N)CO)s1. The van der Waals surface area contributed by atoms with Gasteiger partial charge in [-0.05, 0) is 12.1 Å². The zero-order valence-corrected chi connectivity index (χ0v) is 7.10. The van der Waals surface area contributed by atoms with Gasteiger partial charge in [0.1, 0.15) is 0 Å². The van der Waals surface area contributed by atoms with Crippen LogP contribution in [0.2, 0.25) is 0 Å². The molecule has 0 unspecified atom stereocenters. The molecule has 0 aliphatic carbocycles. The van der Waals surface area contributed by atoms with Crippen LogP contribution in [0, 0.1) is 0 Å². The quantitative estimate of drug-likeness (QED) is 0.709. The van der Waals surface area contributed by atoms with E-state index in [0.29, 0.717) is 0 Å². The molecule has 0 saturated carbocycles. The van der Waals surface area contributed by atoms with Crippen LogP contribution in [0.5, 0.6) is 5.06 Å². The predicted octanol–water partition coefficient (Wildman–Crippen LogP) is 0.749. The summed E-state index contributed by atoms with van der Waals surface area (Å²) in [5, 5.41) is 9.53. The maximum atomic E-state index is 8.71. The number of aliphatic hydroxyl groups is 1.